The number of hydrogen-bond acceptors (Lipinski definition) is 6. The Morgan fingerprint density at radius 3 is 2.73 bits per heavy atom. The number of nitrogens with zero attached hydrogens (tertiary/aromatic N) is 3. The lowest BCUT2D eigenvalue weighted by molar-refractivity contribution is 0.0342. The number of nitrogens with one attached hydrogen (secondary N) is 2. The minimum atomic E-state index is -0.691. The molecule has 0 aliphatic carbocycles. The molecule has 0 atom stereocenters. The maximum Gasteiger partial charge on any atom is 0.158 e. The first-order valence-electron chi connectivity index (χ1n) is 10.7. The third-order valence-electron chi connectivity index (χ3n) is 5.65. The van der Waals surface area contributed by atoms with Crippen LogP contribution < -0.4 is 10.1 Å². The average Bonchev–Trinajstić information content (AvgIpc) is 3.25. The molecule has 7 nitrogen and oxygen atoms in total. The summed E-state index contributed by atoms with van der Waals surface area (Å²) in [5.74, 6) is -0.200. The molecule has 0 spiro atoms. The number of morpholine rings is 1. The summed E-state index contributed by atoms with van der Waals surface area (Å²) < 4.78 is 38.2. The summed E-state index contributed by atoms with van der Waals surface area (Å²) >= 11 is 0. The number of pyridine rings is 1. The van der Waals surface area contributed by atoms with Gasteiger partial charge in [0, 0.05) is 36.7 Å². The number of rotatable bonds is 6. The predicted octanol–water partition coefficient (Wildman–Crippen LogP) is 4.49. The van der Waals surface area contributed by atoms with Gasteiger partial charge in [0.05, 0.1) is 26.0 Å². The molecule has 5 rings (SSSR count). The molecule has 0 saturated carbocycles. The summed E-state index contributed by atoms with van der Waals surface area (Å²) in [7, 11) is 1.63. The number of ether oxygens (including phenoxy) is 2. The second-order valence-electron chi connectivity index (χ2n) is 7.84. The molecule has 0 bridgehead atoms. The molecule has 0 radical (unpaired) electrons. The van der Waals surface area contributed by atoms with Gasteiger partial charge in [-0.05, 0) is 42.0 Å². The number of H-pyrrole nitrogens is 1. The van der Waals surface area contributed by atoms with E-state index in [1.165, 1.54) is 12.1 Å². The van der Waals surface area contributed by atoms with Crippen molar-refractivity contribution in [2.24, 2.45) is 0 Å². The lowest BCUT2D eigenvalue weighted by Gasteiger charge is -2.26. The Hall–Kier alpha value is -3.56. The molecule has 9 heteroatoms. The van der Waals surface area contributed by atoms with Crippen LogP contribution in [0.1, 0.15) is 5.56 Å². The predicted molar refractivity (Wildman–Crippen MR) is 122 cm³/mol. The Morgan fingerprint density at radius 2 is 1.94 bits per heavy atom. The maximum atomic E-state index is 14.0. The Labute approximate surface area is 189 Å². The molecular weight excluding hydrogens is 428 g/mol. The molecule has 1 aliphatic rings. The van der Waals surface area contributed by atoms with Gasteiger partial charge in [-0.3, -0.25) is 10.00 Å². The fraction of sp³-hybridized carbons (Fsp3) is 0.250. The minimum absolute atomic E-state index is 0.139. The van der Waals surface area contributed by atoms with E-state index in [-0.39, 0.29) is 5.69 Å². The summed E-state index contributed by atoms with van der Waals surface area (Å²) in [6.45, 7) is 4.12. The van der Waals surface area contributed by atoms with Gasteiger partial charge in [-0.1, -0.05) is 6.07 Å². The number of halogens is 2. The number of aromatic nitrogens is 3. The maximum absolute atomic E-state index is 14.0. The van der Waals surface area contributed by atoms with Crippen molar-refractivity contribution in [1.82, 2.24) is 20.1 Å². The zero-order valence-electron chi connectivity index (χ0n) is 18.1. The van der Waals surface area contributed by atoms with Crippen molar-refractivity contribution in [2.75, 3.05) is 38.7 Å². The highest BCUT2D eigenvalue weighted by atomic mass is 19.1. The molecule has 1 aliphatic heterocycles. The topological polar surface area (TPSA) is 75.3 Å². The molecule has 4 aromatic rings. The van der Waals surface area contributed by atoms with Crippen molar-refractivity contribution in [1.29, 1.82) is 0 Å². The first-order chi connectivity index (χ1) is 16.1. The molecule has 1 saturated heterocycles. The zero-order chi connectivity index (χ0) is 22.8. The van der Waals surface area contributed by atoms with Gasteiger partial charge in [0.1, 0.15) is 28.9 Å². The molecule has 0 unspecified atom stereocenters. The van der Waals surface area contributed by atoms with Crippen LogP contribution in [0.3, 0.4) is 0 Å². The first kappa shape index (κ1) is 21.3. The number of hydrogen-bond donors (Lipinski definition) is 2. The van der Waals surface area contributed by atoms with Crippen LogP contribution in [-0.2, 0) is 11.3 Å². The molecule has 2 aromatic heterocycles. The van der Waals surface area contributed by atoms with Crippen molar-refractivity contribution in [2.45, 2.75) is 6.54 Å². The van der Waals surface area contributed by atoms with E-state index in [4.69, 9.17) is 9.47 Å². The summed E-state index contributed by atoms with van der Waals surface area (Å²) in [5.41, 5.74) is 3.42. The Bertz CT molecular complexity index is 1290. The lowest BCUT2D eigenvalue weighted by Crippen LogP contribution is -2.35. The van der Waals surface area contributed by atoms with Crippen molar-refractivity contribution in [3.63, 3.8) is 0 Å². The van der Waals surface area contributed by atoms with Gasteiger partial charge in [-0.15, -0.1) is 0 Å². The second-order valence-corrected chi connectivity index (χ2v) is 7.84. The zero-order valence-corrected chi connectivity index (χ0v) is 18.1. The number of methoxy groups -OCH3 is 1. The highest BCUT2D eigenvalue weighted by Crippen LogP contribution is 2.35. The van der Waals surface area contributed by atoms with Crippen LogP contribution in [0.15, 0.2) is 48.5 Å². The van der Waals surface area contributed by atoms with E-state index < -0.39 is 11.6 Å². The standard InChI is InChI=1S/C24H23F2N5O2/c1-32-21-6-2-15(14-31-8-10-33-11-9-31)12-18(21)23-17-4-7-22(28-24(17)30-29-23)27-20-5-3-16(25)13-19(20)26/h2-7,12-13H,8-11,14H2,1H3,(H2,27,28,29,30). The Balaban J connectivity index is 1.45. The van der Waals surface area contributed by atoms with Crippen molar-refractivity contribution < 1.29 is 18.3 Å². The van der Waals surface area contributed by atoms with Crippen LogP contribution in [-0.4, -0.2) is 53.5 Å². The summed E-state index contributed by atoms with van der Waals surface area (Å²) in [6.07, 6.45) is 0. The van der Waals surface area contributed by atoms with E-state index in [9.17, 15) is 8.78 Å². The minimum Gasteiger partial charge on any atom is -0.496 e. The number of anilines is 2. The summed E-state index contributed by atoms with van der Waals surface area (Å²) in [4.78, 5) is 6.85. The molecular formula is C24H23F2N5O2. The van der Waals surface area contributed by atoms with E-state index in [0.29, 0.717) is 17.2 Å². The van der Waals surface area contributed by atoms with E-state index in [1.807, 2.05) is 12.1 Å². The third kappa shape index (κ3) is 4.50. The lowest BCUT2D eigenvalue weighted by atomic mass is 10.0. The molecule has 1 fully saturated rings. The Kier molecular flexibility index (Phi) is 5.89. The summed E-state index contributed by atoms with van der Waals surface area (Å²) in [6, 6.07) is 13.0. The van der Waals surface area contributed by atoms with Crippen LogP contribution in [0.5, 0.6) is 5.75 Å². The van der Waals surface area contributed by atoms with Crippen LogP contribution in [0.4, 0.5) is 20.3 Å². The third-order valence-corrected chi connectivity index (χ3v) is 5.65. The largest absolute Gasteiger partial charge is 0.496 e. The van der Waals surface area contributed by atoms with Gasteiger partial charge in [0.2, 0.25) is 0 Å². The molecule has 2 N–H and O–H groups in total. The summed E-state index contributed by atoms with van der Waals surface area (Å²) in [5, 5.41) is 11.1. The van der Waals surface area contributed by atoms with Crippen LogP contribution in [0.25, 0.3) is 22.3 Å². The molecule has 3 heterocycles. The van der Waals surface area contributed by atoms with E-state index in [0.717, 1.165) is 61.1 Å². The second kappa shape index (κ2) is 9.13. The molecule has 170 valence electrons. The Morgan fingerprint density at radius 1 is 1.09 bits per heavy atom. The fourth-order valence-corrected chi connectivity index (χ4v) is 3.96. The first-order valence-corrected chi connectivity index (χ1v) is 10.7. The number of aromatic amines is 1. The fourth-order valence-electron chi connectivity index (χ4n) is 3.96. The van der Waals surface area contributed by atoms with Gasteiger partial charge in [-0.25, -0.2) is 13.8 Å². The molecule has 0 amide bonds. The van der Waals surface area contributed by atoms with Crippen molar-refractivity contribution >= 4 is 22.5 Å². The smallest absolute Gasteiger partial charge is 0.158 e. The monoisotopic (exact) mass is 451 g/mol. The van der Waals surface area contributed by atoms with Crippen molar-refractivity contribution in [3.8, 4) is 17.0 Å². The van der Waals surface area contributed by atoms with E-state index in [2.05, 4.69) is 37.5 Å². The molecule has 2 aromatic carbocycles. The van der Waals surface area contributed by atoms with E-state index >= 15 is 0 Å². The SMILES string of the molecule is COc1ccc(CN2CCOCC2)cc1-c1n[nH]c2nc(Nc3ccc(F)cc3F)ccc12. The molecule has 33 heavy (non-hydrogen) atoms. The van der Waals surface area contributed by atoms with Crippen LogP contribution >= 0.6 is 0 Å². The van der Waals surface area contributed by atoms with Crippen molar-refractivity contribution in [3.05, 3.63) is 65.7 Å². The van der Waals surface area contributed by atoms with Crippen LogP contribution in [0.2, 0.25) is 0 Å². The normalized spacial score (nSPS) is 14.5. The number of fused-ring (bicyclic) bond motifs is 1. The quantitative estimate of drug-likeness (QED) is 0.450. The van der Waals surface area contributed by atoms with Gasteiger partial charge in [-0.2, -0.15) is 5.10 Å². The number of benzene rings is 2. The van der Waals surface area contributed by atoms with E-state index in [1.54, 1.807) is 13.2 Å². The highest BCUT2D eigenvalue weighted by Gasteiger charge is 2.17. The van der Waals surface area contributed by atoms with Gasteiger partial charge in [0.25, 0.3) is 0 Å². The van der Waals surface area contributed by atoms with Gasteiger partial charge in [0.15, 0.2) is 5.65 Å². The van der Waals surface area contributed by atoms with Gasteiger partial charge >= 0.3 is 0 Å². The highest BCUT2D eigenvalue weighted by molar-refractivity contribution is 5.93. The van der Waals surface area contributed by atoms with Gasteiger partial charge < -0.3 is 14.8 Å². The van der Waals surface area contributed by atoms with Crippen LogP contribution in [0, 0.1) is 11.6 Å². The average molecular weight is 451 g/mol.